The maximum absolute atomic E-state index is 10.9. The zero-order valence-electron chi connectivity index (χ0n) is 12.0. The van der Waals surface area contributed by atoms with Crippen molar-refractivity contribution in [1.82, 2.24) is 4.90 Å². The van der Waals surface area contributed by atoms with Crippen LogP contribution in [-0.4, -0.2) is 35.2 Å². The predicted octanol–water partition coefficient (Wildman–Crippen LogP) is 2.91. The fraction of sp³-hybridized carbons (Fsp3) is 0.562. The first-order valence-electron chi connectivity index (χ1n) is 7.36. The van der Waals surface area contributed by atoms with Crippen LogP contribution in [0.15, 0.2) is 24.3 Å². The van der Waals surface area contributed by atoms with E-state index in [4.69, 9.17) is 9.84 Å². The molecule has 1 fully saturated rings. The molecule has 4 heteroatoms. The van der Waals surface area contributed by atoms with Crippen LogP contribution in [-0.2, 0) is 11.3 Å². The molecular weight excluding hydrogens is 254 g/mol. The average Bonchev–Trinajstić information content (AvgIpc) is 2.84. The highest BCUT2D eigenvalue weighted by molar-refractivity contribution is 5.67. The van der Waals surface area contributed by atoms with Crippen molar-refractivity contribution < 1.29 is 14.6 Å². The van der Waals surface area contributed by atoms with Crippen LogP contribution in [0.25, 0.3) is 0 Å². The van der Waals surface area contributed by atoms with Crippen molar-refractivity contribution in [1.29, 1.82) is 0 Å². The lowest BCUT2D eigenvalue weighted by Gasteiger charge is -2.23. The summed E-state index contributed by atoms with van der Waals surface area (Å²) in [5.41, 5.74) is 1.21. The van der Waals surface area contributed by atoms with Crippen molar-refractivity contribution in [3.05, 3.63) is 29.8 Å². The first kappa shape index (κ1) is 14.9. The molecule has 20 heavy (non-hydrogen) atoms. The van der Waals surface area contributed by atoms with E-state index in [2.05, 4.69) is 24.0 Å². The Morgan fingerprint density at radius 1 is 1.40 bits per heavy atom. The molecule has 1 atom stereocenters. The van der Waals surface area contributed by atoms with Gasteiger partial charge in [0.15, 0.2) is 0 Å². The lowest BCUT2D eigenvalue weighted by molar-refractivity contribution is -0.138. The monoisotopic (exact) mass is 277 g/mol. The van der Waals surface area contributed by atoms with Gasteiger partial charge in [0, 0.05) is 12.6 Å². The molecule has 1 unspecified atom stereocenters. The third kappa shape index (κ3) is 4.23. The fourth-order valence-corrected chi connectivity index (χ4v) is 2.68. The summed E-state index contributed by atoms with van der Waals surface area (Å²) in [6.45, 7) is 4.65. The molecule has 0 spiro atoms. The van der Waals surface area contributed by atoms with Crippen molar-refractivity contribution in [2.45, 2.75) is 45.2 Å². The van der Waals surface area contributed by atoms with Gasteiger partial charge in [-0.15, -0.1) is 0 Å². The maximum Gasteiger partial charge on any atom is 0.304 e. The van der Waals surface area contributed by atoms with Crippen molar-refractivity contribution in [3.8, 4) is 5.75 Å². The van der Waals surface area contributed by atoms with Gasteiger partial charge >= 0.3 is 5.97 Å². The normalized spacial score (nSPS) is 19.1. The molecule has 1 aromatic carbocycles. The van der Waals surface area contributed by atoms with Crippen molar-refractivity contribution in [3.63, 3.8) is 0 Å². The first-order valence-corrected chi connectivity index (χ1v) is 7.36. The number of benzene rings is 1. The van der Waals surface area contributed by atoms with Crippen LogP contribution in [0.4, 0.5) is 0 Å². The maximum atomic E-state index is 10.9. The Labute approximate surface area is 120 Å². The molecule has 1 saturated heterocycles. The number of aliphatic carboxylic acids is 1. The predicted molar refractivity (Wildman–Crippen MR) is 77.9 cm³/mol. The largest absolute Gasteiger partial charge is 0.494 e. The van der Waals surface area contributed by atoms with Crippen LogP contribution in [0.2, 0.25) is 0 Å². The van der Waals surface area contributed by atoms with Gasteiger partial charge in [-0.05, 0) is 43.5 Å². The van der Waals surface area contributed by atoms with E-state index in [1.54, 1.807) is 0 Å². The topological polar surface area (TPSA) is 49.8 Å². The van der Waals surface area contributed by atoms with Crippen LogP contribution in [0.1, 0.15) is 38.2 Å². The lowest BCUT2D eigenvalue weighted by Crippen LogP contribution is -2.30. The molecule has 0 saturated carbocycles. The molecule has 1 aliphatic heterocycles. The third-order valence-corrected chi connectivity index (χ3v) is 3.69. The number of hydrogen-bond donors (Lipinski definition) is 1. The molecule has 1 aliphatic rings. The van der Waals surface area contributed by atoms with E-state index in [1.165, 1.54) is 5.56 Å². The van der Waals surface area contributed by atoms with Gasteiger partial charge in [0.2, 0.25) is 0 Å². The molecule has 2 rings (SSSR count). The summed E-state index contributed by atoms with van der Waals surface area (Å²) in [4.78, 5) is 13.1. The molecule has 0 aromatic heterocycles. The van der Waals surface area contributed by atoms with Gasteiger partial charge in [0.1, 0.15) is 5.75 Å². The highest BCUT2D eigenvalue weighted by atomic mass is 16.5. The van der Waals surface area contributed by atoms with Crippen LogP contribution in [0.3, 0.4) is 0 Å². The van der Waals surface area contributed by atoms with E-state index in [9.17, 15) is 4.79 Å². The third-order valence-electron chi connectivity index (χ3n) is 3.69. The number of carboxylic acid groups (broad SMARTS) is 1. The first-order chi connectivity index (χ1) is 9.69. The Morgan fingerprint density at radius 2 is 2.15 bits per heavy atom. The standard InChI is InChI=1S/C16H23NO3/c1-2-10-20-15-7-5-13(6-8-15)12-17-9-3-4-14(17)11-16(18)19/h5-8,14H,2-4,9-12H2,1H3,(H,18,19). The zero-order chi connectivity index (χ0) is 14.4. The molecule has 0 aliphatic carbocycles. The quantitative estimate of drug-likeness (QED) is 0.832. The van der Waals surface area contributed by atoms with Gasteiger partial charge in [-0.25, -0.2) is 0 Å². The van der Waals surface area contributed by atoms with Crippen molar-refractivity contribution >= 4 is 5.97 Å². The van der Waals surface area contributed by atoms with E-state index in [-0.39, 0.29) is 12.5 Å². The number of likely N-dealkylation sites (tertiary alicyclic amines) is 1. The summed E-state index contributed by atoms with van der Waals surface area (Å²) in [6, 6.07) is 8.31. The Balaban J connectivity index is 1.90. The smallest absolute Gasteiger partial charge is 0.304 e. The molecular formula is C16H23NO3. The van der Waals surface area contributed by atoms with Gasteiger partial charge < -0.3 is 9.84 Å². The SMILES string of the molecule is CCCOc1ccc(CN2CCCC2CC(=O)O)cc1. The highest BCUT2D eigenvalue weighted by Crippen LogP contribution is 2.23. The van der Waals surface area contributed by atoms with Gasteiger partial charge in [-0.3, -0.25) is 9.69 Å². The summed E-state index contributed by atoms with van der Waals surface area (Å²) in [5.74, 6) is 0.198. The van der Waals surface area contributed by atoms with E-state index in [0.29, 0.717) is 0 Å². The molecule has 110 valence electrons. The zero-order valence-corrected chi connectivity index (χ0v) is 12.0. The van der Waals surface area contributed by atoms with Crippen LogP contribution in [0.5, 0.6) is 5.75 Å². The van der Waals surface area contributed by atoms with Crippen LogP contribution in [0, 0.1) is 0 Å². The molecule has 0 radical (unpaired) electrons. The Morgan fingerprint density at radius 3 is 2.80 bits per heavy atom. The Bertz CT molecular complexity index is 430. The Hall–Kier alpha value is -1.55. The summed E-state index contributed by atoms with van der Waals surface area (Å²) in [7, 11) is 0. The minimum atomic E-state index is -0.704. The molecule has 0 amide bonds. The second-order valence-corrected chi connectivity index (χ2v) is 5.36. The average molecular weight is 277 g/mol. The lowest BCUT2D eigenvalue weighted by atomic mass is 10.1. The van der Waals surface area contributed by atoms with Crippen LogP contribution >= 0.6 is 0 Å². The van der Waals surface area contributed by atoms with Crippen molar-refractivity contribution in [2.75, 3.05) is 13.2 Å². The number of carbonyl (C=O) groups is 1. The van der Waals surface area contributed by atoms with Crippen molar-refractivity contribution in [2.24, 2.45) is 0 Å². The highest BCUT2D eigenvalue weighted by Gasteiger charge is 2.26. The van der Waals surface area contributed by atoms with Crippen LogP contribution < -0.4 is 4.74 Å². The molecule has 1 aromatic rings. The summed E-state index contributed by atoms with van der Waals surface area (Å²) in [6.07, 6.45) is 3.34. The molecule has 1 heterocycles. The van der Waals surface area contributed by atoms with E-state index in [0.717, 1.165) is 44.7 Å². The Kier molecular flexibility index (Phi) is 5.41. The minimum absolute atomic E-state index is 0.184. The summed E-state index contributed by atoms with van der Waals surface area (Å²) >= 11 is 0. The van der Waals surface area contributed by atoms with E-state index in [1.807, 2.05) is 12.1 Å². The van der Waals surface area contributed by atoms with Gasteiger partial charge in [-0.1, -0.05) is 19.1 Å². The second-order valence-electron chi connectivity index (χ2n) is 5.36. The van der Waals surface area contributed by atoms with Gasteiger partial charge in [-0.2, -0.15) is 0 Å². The number of carboxylic acids is 1. The van der Waals surface area contributed by atoms with E-state index < -0.39 is 5.97 Å². The fourth-order valence-electron chi connectivity index (χ4n) is 2.68. The molecule has 1 N–H and O–H groups in total. The van der Waals surface area contributed by atoms with E-state index >= 15 is 0 Å². The molecule has 4 nitrogen and oxygen atoms in total. The number of ether oxygens (including phenoxy) is 1. The summed E-state index contributed by atoms with van der Waals surface area (Å²) < 4.78 is 5.56. The minimum Gasteiger partial charge on any atom is -0.494 e. The number of hydrogen-bond acceptors (Lipinski definition) is 3. The summed E-state index contributed by atoms with van der Waals surface area (Å²) in [5, 5.41) is 8.93. The second kappa shape index (κ2) is 7.29. The van der Waals surface area contributed by atoms with Gasteiger partial charge in [0.05, 0.1) is 13.0 Å². The van der Waals surface area contributed by atoms with Gasteiger partial charge in [0.25, 0.3) is 0 Å². The number of rotatable bonds is 7. The molecule has 0 bridgehead atoms. The number of nitrogens with zero attached hydrogens (tertiary/aromatic N) is 1.